The predicted octanol–water partition coefficient (Wildman–Crippen LogP) is 5.18. The third-order valence-electron chi connectivity index (χ3n) is 4.33. The Hall–Kier alpha value is -2.84. The maximum absolute atomic E-state index is 9.23. The molecule has 24 heavy (non-hydrogen) atoms. The van der Waals surface area contributed by atoms with Crippen molar-refractivity contribution in [3.63, 3.8) is 0 Å². The molecule has 4 aromatic rings. The van der Waals surface area contributed by atoms with Gasteiger partial charge in [-0.1, -0.05) is 66.7 Å². The molecule has 0 bridgehead atoms. The fourth-order valence-corrected chi connectivity index (χ4v) is 3.15. The van der Waals surface area contributed by atoms with Crippen molar-refractivity contribution in [2.24, 2.45) is 0 Å². The summed E-state index contributed by atoms with van der Waals surface area (Å²) in [4.78, 5) is 0. The van der Waals surface area contributed by atoms with Crippen LogP contribution in [0.2, 0.25) is 0 Å². The predicted molar refractivity (Wildman–Crippen MR) is 96.8 cm³/mol. The summed E-state index contributed by atoms with van der Waals surface area (Å²) in [7, 11) is 0. The Morgan fingerprint density at radius 3 is 2.21 bits per heavy atom. The highest BCUT2D eigenvalue weighted by atomic mass is 16.4. The highest BCUT2D eigenvalue weighted by molar-refractivity contribution is 5.97. The molecule has 0 aliphatic heterocycles. The lowest BCUT2D eigenvalue weighted by Gasteiger charge is -2.10. The van der Waals surface area contributed by atoms with E-state index in [1.165, 1.54) is 21.9 Å². The summed E-state index contributed by atoms with van der Waals surface area (Å²) in [5.41, 5.74) is 3.66. The standard InChI is InChI=1S/C22H18O2/c23-15-18-11-13-22(24-18)21-12-10-17(14-16-6-2-1-3-7-16)19-8-4-5-9-20(19)21/h1-13,23H,14-15H2. The van der Waals surface area contributed by atoms with Gasteiger partial charge in [0.2, 0.25) is 0 Å². The molecule has 0 amide bonds. The Bertz CT molecular complexity index is 968. The van der Waals surface area contributed by atoms with Crippen molar-refractivity contribution in [3.05, 3.63) is 95.7 Å². The third-order valence-corrected chi connectivity index (χ3v) is 4.33. The molecule has 2 nitrogen and oxygen atoms in total. The Balaban J connectivity index is 1.82. The molecule has 3 aromatic carbocycles. The lowest BCUT2D eigenvalue weighted by Crippen LogP contribution is -1.91. The molecule has 1 heterocycles. The number of hydrogen-bond acceptors (Lipinski definition) is 2. The zero-order valence-corrected chi connectivity index (χ0v) is 13.3. The summed E-state index contributed by atoms with van der Waals surface area (Å²) in [5.74, 6) is 1.38. The van der Waals surface area contributed by atoms with Gasteiger partial charge < -0.3 is 9.52 Å². The zero-order valence-electron chi connectivity index (χ0n) is 13.3. The van der Waals surface area contributed by atoms with Crippen LogP contribution in [0.4, 0.5) is 0 Å². The van der Waals surface area contributed by atoms with Crippen molar-refractivity contribution in [1.82, 2.24) is 0 Å². The first-order chi connectivity index (χ1) is 11.8. The van der Waals surface area contributed by atoms with Crippen LogP contribution in [0.1, 0.15) is 16.9 Å². The van der Waals surface area contributed by atoms with Crippen molar-refractivity contribution in [2.75, 3.05) is 0 Å². The van der Waals surface area contributed by atoms with Gasteiger partial charge in [-0.05, 0) is 40.5 Å². The van der Waals surface area contributed by atoms with Gasteiger partial charge in [-0.15, -0.1) is 0 Å². The number of fused-ring (bicyclic) bond motifs is 1. The lowest BCUT2D eigenvalue weighted by atomic mass is 9.94. The average Bonchev–Trinajstić information content (AvgIpc) is 3.12. The summed E-state index contributed by atoms with van der Waals surface area (Å²) < 4.78 is 5.74. The molecule has 0 aliphatic carbocycles. The van der Waals surface area contributed by atoms with Crippen LogP contribution in [0.15, 0.2) is 83.3 Å². The SMILES string of the molecule is OCc1ccc(-c2ccc(Cc3ccccc3)c3ccccc23)o1. The van der Waals surface area contributed by atoms with E-state index in [0.717, 1.165) is 17.7 Å². The zero-order chi connectivity index (χ0) is 16.4. The van der Waals surface area contributed by atoms with Crippen molar-refractivity contribution in [3.8, 4) is 11.3 Å². The molecule has 4 rings (SSSR count). The Morgan fingerprint density at radius 1 is 0.708 bits per heavy atom. The van der Waals surface area contributed by atoms with Crippen molar-refractivity contribution < 1.29 is 9.52 Å². The van der Waals surface area contributed by atoms with Gasteiger partial charge in [-0.3, -0.25) is 0 Å². The van der Waals surface area contributed by atoms with Gasteiger partial charge in [0.1, 0.15) is 18.1 Å². The van der Waals surface area contributed by atoms with Crippen LogP contribution >= 0.6 is 0 Å². The molecular formula is C22H18O2. The fourth-order valence-electron chi connectivity index (χ4n) is 3.15. The average molecular weight is 314 g/mol. The number of aliphatic hydroxyl groups excluding tert-OH is 1. The van der Waals surface area contributed by atoms with Crippen LogP contribution in [-0.4, -0.2) is 5.11 Å². The first-order valence-electron chi connectivity index (χ1n) is 8.09. The normalized spacial score (nSPS) is 11.0. The molecule has 0 aliphatic rings. The Kier molecular flexibility index (Phi) is 3.89. The van der Waals surface area contributed by atoms with E-state index in [9.17, 15) is 5.11 Å². The molecular weight excluding hydrogens is 296 g/mol. The van der Waals surface area contributed by atoms with Gasteiger partial charge in [-0.2, -0.15) is 0 Å². The van der Waals surface area contributed by atoms with E-state index in [4.69, 9.17) is 4.42 Å². The quantitative estimate of drug-likeness (QED) is 0.563. The molecule has 2 heteroatoms. The first kappa shape index (κ1) is 14.7. The van der Waals surface area contributed by atoms with E-state index in [2.05, 4.69) is 54.6 Å². The number of furan rings is 1. The van der Waals surface area contributed by atoms with E-state index in [1.807, 2.05) is 24.3 Å². The summed E-state index contributed by atoms with van der Waals surface area (Å²) in [6.07, 6.45) is 0.904. The molecule has 0 radical (unpaired) electrons. The molecule has 0 saturated heterocycles. The molecule has 0 unspecified atom stereocenters. The minimum Gasteiger partial charge on any atom is -0.459 e. The number of benzene rings is 3. The molecule has 0 atom stereocenters. The smallest absolute Gasteiger partial charge is 0.135 e. The summed E-state index contributed by atoms with van der Waals surface area (Å²) in [6.45, 7) is -0.0793. The summed E-state index contributed by atoms with van der Waals surface area (Å²) in [6, 6.07) is 26.9. The number of hydrogen-bond donors (Lipinski definition) is 1. The lowest BCUT2D eigenvalue weighted by molar-refractivity contribution is 0.248. The molecule has 118 valence electrons. The maximum atomic E-state index is 9.23. The maximum Gasteiger partial charge on any atom is 0.135 e. The highest BCUT2D eigenvalue weighted by Crippen LogP contribution is 2.32. The van der Waals surface area contributed by atoms with E-state index >= 15 is 0 Å². The third kappa shape index (κ3) is 2.72. The van der Waals surface area contributed by atoms with Crippen LogP contribution in [-0.2, 0) is 13.0 Å². The first-order valence-corrected chi connectivity index (χ1v) is 8.09. The van der Waals surface area contributed by atoms with E-state index in [0.29, 0.717) is 5.76 Å². The van der Waals surface area contributed by atoms with Crippen LogP contribution in [0.5, 0.6) is 0 Å². The van der Waals surface area contributed by atoms with Crippen LogP contribution in [0.25, 0.3) is 22.1 Å². The van der Waals surface area contributed by atoms with Crippen LogP contribution < -0.4 is 0 Å². The van der Waals surface area contributed by atoms with Gasteiger partial charge in [0.15, 0.2) is 0 Å². The van der Waals surface area contributed by atoms with Crippen LogP contribution in [0.3, 0.4) is 0 Å². The van der Waals surface area contributed by atoms with Gasteiger partial charge in [-0.25, -0.2) is 0 Å². The minimum absolute atomic E-state index is 0.0793. The second-order valence-electron chi connectivity index (χ2n) is 5.90. The van der Waals surface area contributed by atoms with Gasteiger partial charge in [0.05, 0.1) is 0 Å². The summed E-state index contributed by atoms with van der Waals surface area (Å²) >= 11 is 0. The Morgan fingerprint density at radius 2 is 1.46 bits per heavy atom. The number of aliphatic hydroxyl groups is 1. The monoisotopic (exact) mass is 314 g/mol. The molecule has 0 fully saturated rings. The molecule has 1 aromatic heterocycles. The summed E-state index contributed by atoms with van der Waals surface area (Å²) in [5, 5.41) is 11.6. The fraction of sp³-hybridized carbons (Fsp3) is 0.0909. The topological polar surface area (TPSA) is 33.4 Å². The number of rotatable bonds is 4. The van der Waals surface area contributed by atoms with Gasteiger partial charge in [0.25, 0.3) is 0 Å². The van der Waals surface area contributed by atoms with E-state index in [1.54, 1.807) is 0 Å². The highest BCUT2D eigenvalue weighted by Gasteiger charge is 2.11. The van der Waals surface area contributed by atoms with E-state index < -0.39 is 0 Å². The van der Waals surface area contributed by atoms with E-state index in [-0.39, 0.29) is 6.61 Å². The minimum atomic E-state index is -0.0793. The van der Waals surface area contributed by atoms with Crippen LogP contribution in [0, 0.1) is 0 Å². The molecule has 0 spiro atoms. The largest absolute Gasteiger partial charge is 0.459 e. The second kappa shape index (κ2) is 6.34. The van der Waals surface area contributed by atoms with Crippen molar-refractivity contribution in [2.45, 2.75) is 13.0 Å². The molecule has 0 saturated carbocycles. The van der Waals surface area contributed by atoms with Crippen molar-refractivity contribution >= 4 is 10.8 Å². The second-order valence-corrected chi connectivity index (χ2v) is 5.90. The Labute approximate surface area is 141 Å². The molecule has 1 N–H and O–H groups in total. The van der Waals surface area contributed by atoms with Gasteiger partial charge >= 0.3 is 0 Å². The van der Waals surface area contributed by atoms with Gasteiger partial charge in [0, 0.05) is 5.56 Å². The van der Waals surface area contributed by atoms with Crippen molar-refractivity contribution in [1.29, 1.82) is 0 Å².